The second-order valence-corrected chi connectivity index (χ2v) is 5.01. The molecule has 0 atom stereocenters. The number of para-hydroxylation sites is 2. The Balaban J connectivity index is 1.79. The summed E-state index contributed by atoms with van der Waals surface area (Å²) in [5.41, 5.74) is 0. The van der Waals surface area contributed by atoms with Crippen LogP contribution in [0, 0.1) is 0 Å². The fourth-order valence-electron chi connectivity index (χ4n) is 1.59. The lowest BCUT2D eigenvalue weighted by atomic mass is 10.3. The number of phenols is 1. The molecule has 0 saturated carbocycles. The highest BCUT2D eigenvalue weighted by atomic mass is 32.2. The van der Waals surface area contributed by atoms with Crippen LogP contribution in [0.15, 0.2) is 53.4 Å². The van der Waals surface area contributed by atoms with Crippen LogP contribution in [0.4, 0.5) is 0 Å². The largest absolute Gasteiger partial charge is 0.508 e. The SMILES string of the molecule is COc1ccccc1OCCSc1ccc(O)cc1. The van der Waals surface area contributed by atoms with Crippen molar-refractivity contribution >= 4 is 11.8 Å². The number of ether oxygens (including phenoxy) is 2. The fourth-order valence-corrected chi connectivity index (χ4v) is 2.32. The maximum absolute atomic E-state index is 9.19. The number of aromatic hydroxyl groups is 1. The van der Waals surface area contributed by atoms with E-state index in [9.17, 15) is 5.11 Å². The summed E-state index contributed by atoms with van der Waals surface area (Å²) in [4.78, 5) is 1.11. The van der Waals surface area contributed by atoms with E-state index >= 15 is 0 Å². The second kappa shape index (κ2) is 6.95. The van der Waals surface area contributed by atoms with Gasteiger partial charge in [-0.05, 0) is 36.4 Å². The van der Waals surface area contributed by atoms with Crippen LogP contribution in [0.5, 0.6) is 17.2 Å². The van der Waals surface area contributed by atoms with E-state index in [-0.39, 0.29) is 5.75 Å². The molecule has 0 spiro atoms. The summed E-state index contributed by atoms with van der Waals surface area (Å²) >= 11 is 1.68. The fraction of sp³-hybridized carbons (Fsp3) is 0.200. The van der Waals surface area contributed by atoms with Gasteiger partial charge >= 0.3 is 0 Å². The van der Waals surface area contributed by atoms with Crippen molar-refractivity contribution in [3.05, 3.63) is 48.5 Å². The lowest BCUT2D eigenvalue weighted by molar-refractivity contribution is 0.313. The van der Waals surface area contributed by atoms with Gasteiger partial charge in [-0.15, -0.1) is 11.8 Å². The Bertz CT molecular complexity index is 511. The average molecular weight is 276 g/mol. The number of phenolic OH excluding ortho intramolecular Hbond substituents is 1. The summed E-state index contributed by atoms with van der Waals surface area (Å²) in [6, 6.07) is 14.8. The van der Waals surface area contributed by atoms with Gasteiger partial charge in [0.25, 0.3) is 0 Å². The molecule has 0 aliphatic heterocycles. The van der Waals surface area contributed by atoms with Crippen LogP contribution in [0.1, 0.15) is 0 Å². The van der Waals surface area contributed by atoms with E-state index in [1.165, 1.54) is 0 Å². The van der Waals surface area contributed by atoms with Crippen LogP contribution < -0.4 is 9.47 Å². The predicted molar refractivity (Wildman–Crippen MR) is 77.3 cm³/mol. The van der Waals surface area contributed by atoms with Crippen LogP contribution in [0.2, 0.25) is 0 Å². The molecule has 0 fully saturated rings. The zero-order valence-corrected chi connectivity index (χ0v) is 11.5. The normalized spacial score (nSPS) is 10.2. The van der Waals surface area contributed by atoms with Crippen molar-refractivity contribution in [3.63, 3.8) is 0 Å². The first-order valence-corrected chi connectivity index (χ1v) is 6.96. The van der Waals surface area contributed by atoms with E-state index < -0.39 is 0 Å². The van der Waals surface area contributed by atoms with Gasteiger partial charge in [-0.2, -0.15) is 0 Å². The van der Waals surface area contributed by atoms with E-state index in [2.05, 4.69) is 0 Å². The number of rotatable bonds is 6. The maximum Gasteiger partial charge on any atom is 0.161 e. The monoisotopic (exact) mass is 276 g/mol. The molecule has 2 aromatic rings. The van der Waals surface area contributed by atoms with Crippen molar-refractivity contribution in [1.82, 2.24) is 0 Å². The lowest BCUT2D eigenvalue weighted by Gasteiger charge is -2.09. The van der Waals surface area contributed by atoms with Crippen molar-refractivity contribution in [2.75, 3.05) is 19.5 Å². The van der Waals surface area contributed by atoms with Crippen molar-refractivity contribution in [2.24, 2.45) is 0 Å². The molecule has 0 aliphatic carbocycles. The smallest absolute Gasteiger partial charge is 0.161 e. The second-order valence-electron chi connectivity index (χ2n) is 3.84. The summed E-state index contributed by atoms with van der Waals surface area (Å²) < 4.78 is 10.9. The van der Waals surface area contributed by atoms with Gasteiger partial charge in [0.2, 0.25) is 0 Å². The summed E-state index contributed by atoms with van der Waals surface area (Å²) in [5, 5.41) is 9.19. The minimum atomic E-state index is 0.287. The van der Waals surface area contributed by atoms with Crippen LogP contribution >= 0.6 is 11.8 Å². The van der Waals surface area contributed by atoms with Crippen molar-refractivity contribution < 1.29 is 14.6 Å². The standard InChI is InChI=1S/C15H16O3S/c1-17-14-4-2-3-5-15(14)18-10-11-19-13-8-6-12(16)7-9-13/h2-9,16H,10-11H2,1H3. The molecule has 0 radical (unpaired) electrons. The summed E-state index contributed by atoms with van der Waals surface area (Å²) in [7, 11) is 1.63. The molecule has 0 aromatic heterocycles. The highest BCUT2D eigenvalue weighted by Crippen LogP contribution is 2.26. The first kappa shape index (κ1) is 13.6. The van der Waals surface area contributed by atoms with Gasteiger partial charge in [0, 0.05) is 10.6 Å². The Hall–Kier alpha value is -1.81. The van der Waals surface area contributed by atoms with Crippen LogP contribution in [-0.2, 0) is 0 Å². The third kappa shape index (κ3) is 4.10. The maximum atomic E-state index is 9.19. The first-order valence-electron chi connectivity index (χ1n) is 5.97. The molecule has 0 heterocycles. The number of benzene rings is 2. The predicted octanol–water partition coefficient (Wildman–Crippen LogP) is 3.57. The van der Waals surface area contributed by atoms with Gasteiger partial charge in [0.05, 0.1) is 13.7 Å². The summed E-state index contributed by atoms with van der Waals surface area (Å²) in [6.07, 6.45) is 0. The lowest BCUT2D eigenvalue weighted by Crippen LogP contribution is -2.01. The van der Waals surface area contributed by atoms with E-state index in [0.29, 0.717) is 6.61 Å². The number of hydrogen-bond acceptors (Lipinski definition) is 4. The van der Waals surface area contributed by atoms with Crippen LogP contribution in [-0.4, -0.2) is 24.6 Å². The Morgan fingerprint density at radius 1 is 1.00 bits per heavy atom. The van der Waals surface area contributed by atoms with Gasteiger partial charge < -0.3 is 14.6 Å². The third-order valence-corrected chi connectivity index (χ3v) is 3.49. The summed E-state index contributed by atoms with van der Waals surface area (Å²) in [6.45, 7) is 0.603. The van der Waals surface area contributed by atoms with Crippen LogP contribution in [0.25, 0.3) is 0 Å². The third-order valence-electron chi connectivity index (χ3n) is 2.52. The minimum absolute atomic E-state index is 0.287. The Morgan fingerprint density at radius 2 is 1.68 bits per heavy atom. The molecule has 0 bridgehead atoms. The molecule has 19 heavy (non-hydrogen) atoms. The van der Waals surface area contributed by atoms with Gasteiger partial charge in [0.1, 0.15) is 5.75 Å². The molecule has 0 unspecified atom stereocenters. The van der Waals surface area contributed by atoms with Gasteiger partial charge in [-0.3, -0.25) is 0 Å². The van der Waals surface area contributed by atoms with Crippen molar-refractivity contribution in [1.29, 1.82) is 0 Å². The number of hydrogen-bond donors (Lipinski definition) is 1. The zero-order valence-electron chi connectivity index (χ0n) is 10.7. The van der Waals surface area contributed by atoms with Crippen molar-refractivity contribution in [2.45, 2.75) is 4.90 Å². The van der Waals surface area contributed by atoms with Gasteiger partial charge in [0.15, 0.2) is 11.5 Å². The van der Waals surface area contributed by atoms with Gasteiger partial charge in [-0.25, -0.2) is 0 Å². The molecule has 3 nitrogen and oxygen atoms in total. The molecule has 0 aliphatic rings. The van der Waals surface area contributed by atoms with E-state index in [1.54, 1.807) is 31.0 Å². The Labute approximate surface area is 117 Å². The molecule has 1 N–H and O–H groups in total. The minimum Gasteiger partial charge on any atom is -0.508 e. The number of thioether (sulfide) groups is 1. The van der Waals surface area contributed by atoms with Gasteiger partial charge in [-0.1, -0.05) is 12.1 Å². The topological polar surface area (TPSA) is 38.7 Å². The highest BCUT2D eigenvalue weighted by Gasteiger charge is 2.02. The molecule has 2 aromatic carbocycles. The molecular weight excluding hydrogens is 260 g/mol. The molecule has 2 rings (SSSR count). The average Bonchev–Trinajstić information content (AvgIpc) is 2.46. The first-order chi connectivity index (χ1) is 9.29. The van der Waals surface area contributed by atoms with E-state index in [1.807, 2.05) is 36.4 Å². The molecular formula is C15H16O3S. The van der Waals surface area contributed by atoms with Crippen molar-refractivity contribution in [3.8, 4) is 17.2 Å². The molecule has 0 saturated heterocycles. The van der Waals surface area contributed by atoms with Crippen LogP contribution in [0.3, 0.4) is 0 Å². The quantitative estimate of drug-likeness (QED) is 0.646. The molecule has 4 heteroatoms. The molecule has 100 valence electrons. The van der Waals surface area contributed by atoms with E-state index in [4.69, 9.17) is 9.47 Å². The molecule has 0 amide bonds. The summed E-state index contributed by atoms with van der Waals surface area (Å²) in [5.74, 6) is 2.63. The Kier molecular flexibility index (Phi) is 4.98. The highest BCUT2D eigenvalue weighted by molar-refractivity contribution is 7.99. The Morgan fingerprint density at radius 3 is 2.37 bits per heavy atom. The zero-order chi connectivity index (χ0) is 13.5. The van der Waals surface area contributed by atoms with E-state index in [0.717, 1.165) is 22.1 Å². The number of methoxy groups -OCH3 is 1.